The molecule has 0 aliphatic carbocycles. The van der Waals surface area contributed by atoms with Gasteiger partial charge in [0.15, 0.2) is 11.0 Å². The van der Waals surface area contributed by atoms with Gasteiger partial charge in [-0.1, -0.05) is 6.42 Å². The van der Waals surface area contributed by atoms with Gasteiger partial charge in [0.25, 0.3) is 0 Å². The van der Waals surface area contributed by atoms with E-state index in [1.165, 1.54) is 30.4 Å². The molecule has 7 heteroatoms. The molecule has 20 heavy (non-hydrogen) atoms. The summed E-state index contributed by atoms with van der Waals surface area (Å²) in [6.07, 6.45) is 5.24. The molecular formula is C13H20N4O2S. The van der Waals surface area contributed by atoms with E-state index in [4.69, 9.17) is 12.2 Å². The Labute approximate surface area is 124 Å². The molecule has 2 fully saturated rings. The van der Waals surface area contributed by atoms with Gasteiger partial charge in [0.1, 0.15) is 0 Å². The first-order valence-electron chi connectivity index (χ1n) is 6.94. The number of rotatable bonds is 4. The number of nitrogens with one attached hydrogen (secondary N) is 1. The maximum absolute atomic E-state index is 11.9. The van der Waals surface area contributed by atoms with E-state index >= 15 is 0 Å². The van der Waals surface area contributed by atoms with Gasteiger partial charge in [-0.3, -0.25) is 19.5 Å². The summed E-state index contributed by atoms with van der Waals surface area (Å²) >= 11 is 4.88. The number of likely N-dealkylation sites (tertiary alicyclic amines) is 1. The zero-order valence-electron chi connectivity index (χ0n) is 11.7. The molecule has 2 aliphatic heterocycles. The minimum Gasteiger partial charge on any atom is -0.302 e. The lowest BCUT2D eigenvalue weighted by molar-refractivity contribution is -0.137. The second-order valence-corrected chi connectivity index (χ2v) is 5.51. The van der Waals surface area contributed by atoms with Crippen LogP contribution in [0.1, 0.15) is 19.3 Å². The predicted molar refractivity (Wildman–Crippen MR) is 80.7 cm³/mol. The fourth-order valence-electron chi connectivity index (χ4n) is 2.38. The summed E-state index contributed by atoms with van der Waals surface area (Å²) in [6.45, 7) is 3.74. The van der Waals surface area contributed by atoms with Crippen LogP contribution in [0.15, 0.2) is 4.99 Å². The van der Waals surface area contributed by atoms with Crippen molar-refractivity contribution in [2.45, 2.75) is 19.3 Å². The molecule has 0 saturated carbocycles. The van der Waals surface area contributed by atoms with Crippen LogP contribution in [0, 0.1) is 5.92 Å². The summed E-state index contributed by atoms with van der Waals surface area (Å²) in [5.74, 6) is -1.56. The van der Waals surface area contributed by atoms with Crippen molar-refractivity contribution in [3.63, 3.8) is 0 Å². The number of nitrogens with zero attached hydrogens (tertiary/aromatic N) is 3. The molecule has 2 heterocycles. The zero-order chi connectivity index (χ0) is 14.5. The summed E-state index contributed by atoms with van der Waals surface area (Å²) < 4.78 is 0. The van der Waals surface area contributed by atoms with Crippen molar-refractivity contribution in [1.29, 1.82) is 0 Å². The average molecular weight is 296 g/mol. The van der Waals surface area contributed by atoms with Gasteiger partial charge >= 0.3 is 0 Å². The number of carbonyl (C=O) groups excluding carboxylic acids is 2. The number of carbonyl (C=O) groups is 2. The third kappa shape index (κ3) is 3.61. The standard InChI is InChI=1S/C13H20N4O2S/c1-16-12(19)10(11(18)15-13(16)20)9-14-5-8-17-6-3-2-4-7-17/h9-10H,2-8H2,1H3,(H,15,18,20)/t10-/m0/s1. The van der Waals surface area contributed by atoms with E-state index in [9.17, 15) is 9.59 Å². The molecule has 110 valence electrons. The van der Waals surface area contributed by atoms with E-state index in [1.807, 2.05) is 0 Å². The molecule has 2 amide bonds. The maximum atomic E-state index is 11.9. The van der Waals surface area contributed by atoms with Crippen LogP contribution in [-0.4, -0.2) is 66.2 Å². The van der Waals surface area contributed by atoms with Gasteiger partial charge < -0.3 is 10.2 Å². The molecule has 2 saturated heterocycles. The molecule has 2 rings (SSSR count). The molecule has 0 aromatic carbocycles. The predicted octanol–water partition coefficient (Wildman–Crippen LogP) is 0.0324. The van der Waals surface area contributed by atoms with E-state index in [-0.39, 0.29) is 16.9 Å². The molecule has 0 bridgehead atoms. The molecule has 2 aliphatic rings. The first-order valence-corrected chi connectivity index (χ1v) is 7.35. The van der Waals surface area contributed by atoms with Gasteiger partial charge in [-0.2, -0.15) is 0 Å². The molecule has 0 aromatic heterocycles. The van der Waals surface area contributed by atoms with E-state index in [0.717, 1.165) is 19.6 Å². The van der Waals surface area contributed by atoms with Crippen LogP contribution in [0.2, 0.25) is 0 Å². The summed E-state index contributed by atoms with van der Waals surface area (Å²) in [5, 5.41) is 2.65. The lowest BCUT2D eigenvalue weighted by atomic mass is 10.1. The zero-order valence-corrected chi connectivity index (χ0v) is 12.5. The molecule has 0 unspecified atom stereocenters. The molecule has 6 nitrogen and oxygen atoms in total. The Morgan fingerprint density at radius 1 is 1.35 bits per heavy atom. The van der Waals surface area contributed by atoms with Crippen LogP contribution in [0.3, 0.4) is 0 Å². The largest absolute Gasteiger partial charge is 0.302 e. The van der Waals surface area contributed by atoms with Gasteiger partial charge in [-0.15, -0.1) is 0 Å². The van der Waals surface area contributed by atoms with Gasteiger partial charge in [-0.05, 0) is 38.1 Å². The van der Waals surface area contributed by atoms with Crippen molar-refractivity contribution >= 4 is 35.4 Å². The molecular weight excluding hydrogens is 276 g/mol. The number of thiocarbonyl (C=S) groups is 1. The first-order chi connectivity index (χ1) is 9.59. The van der Waals surface area contributed by atoms with Crippen molar-refractivity contribution in [2.24, 2.45) is 10.9 Å². The Balaban J connectivity index is 1.82. The fraction of sp³-hybridized carbons (Fsp3) is 0.692. The van der Waals surface area contributed by atoms with Crippen molar-refractivity contribution in [3.8, 4) is 0 Å². The second-order valence-electron chi connectivity index (χ2n) is 5.13. The van der Waals surface area contributed by atoms with Crippen molar-refractivity contribution in [1.82, 2.24) is 15.1 Å². The number of piperidine rings is 1. The third-order valence-corrected chi connectivity index (χ3v) is 4.04. The van der Waals surface area contributed by atoms with Crippen LogP contribution >= 0.6 is 12.2 Å². The minimum absolute atomic E-state index is 0.151. The summed E-state index contributed by atoms with van der Waals surface area (Å²) in [4.78, 5) is 31.5. The SMILES string of the molecule is CN1C(=O)[C@@H](C=NCCN2CCCCC2)C(=O)NC1=S. The van der Waals surface area contributed by atoms with Crippen molar-refractivity contribution < 1.29 is 9.59 Å². The Kier molecular flexibility index (Phi) is 5.19. The number of amides is 2. The van der Waals surface area contributed by atoms with Crippen LogP contribution in [0.4, 0.5) is 0 Å². The van der Waals surface area contributed by atoms with Gasteiger partial charge in [0.05, 0.1) is 6.54 Å². The normalized spacial score (nSPS) is 25.4. The van der Waals surface area contributed by atoms with Gasteiger partial charge in [0.2, 0.25) is 11.8 Å². The van der Waals surface area contributed by atoms with Crippen LogP contribution in [-0.2, 0) is 9.59 Å². The topological polar surface area (TPSA) is 65.0 Å². The van der Waals surface area contributed by atoms with Crippen LogP contribution in [0.5, 0.6) is 0 Å². The highest BCUT2D eigenvalue weighted by Gasteiger charge is 2.35. The fourth-order valence-corrected chi connectivity index (χ4v) is 2.57. The second kappa shape index (κ2) is 6.90. The summed E-state index contributed by atoms with van der Waals surface area (Å²) in [6, 6.07) is 0. The van der Waals surface area contributed by atoms with Gasteiger partial charge in [0, 0.05) is 19.8 Å². The molecule has 1 N–H and O–H groups in total. The molecule has 0 aromatic rings. The molecule has 1 atom stereocenters. The lowest BCUT2D eigenvalue weighted by Gasteiger charge is -2.27. The Bertz CT molecular complexity index is 432. The highest BCUT2D eigenvalue weighted by molar-refractivity contribution is 7.80. The summed E-state index contributed by atoms with van der Waals surface area (Å²) in [5.41, 5.74) is 0. The maximum Gasteiger partial charge on any atom is 0.246 e. The van der Waals surface area contributed by atoms with E-state index in [2.05, 4.69) is 15.2 Å². The first kappa shape index (κ1) is 15.1. The molecule has 0 spiro atoms. The van der Waals surface area contributed by atoms with E-state index in [0.29, 0.717) is 6.54 Å². The Morgan fingerprint density at radius 3 is 2.75 bits per heavy atom. The molecule has 0 radical (unpaired) electrons. The van der Waals surface area contributed by atoms with Gasteiger partial charge in [-0.25, -0.2) is 0 Å². The van der Waals surface area contributed by atoms with Crippen molar-refractivity contribution in [2.75, 3.05) is 33.2 Å². The van der Waals surface area contributed by atoms with E-state index in [1.54, 1.807) is 7.05 Å². The average Bonchev–Trinajstić information content (AvgIpc) is 2.45. The quantitative estimate of drug-likeness (QED) is 0.452. The lowest BCUT2D eigenvalue weighted by Crippen LogP contribution is -2.56. The Hall–Kier alpha value is -1.34. The van der Waals surface area contributed by atoms with Crippen LogP contribution in [0.25, 0.3) is 0 Å². The smallest absolute Gasteiger partial charge is 0.246 e. The number of aliphatic imine (C=N–C) groups is 1. The number of hydrogen-bond donors (Lipinski definition) is 1. The highest BCUT2D eigenvalue weighted by atomic mass is 32.1. The number of hydrogen-bond acceptors (Lipinski definition) is 5. The van der Waals surface area contributed by atoms with E-state index < -0.39 is 5.92 Å². The minimum atomic E-state index is -0.854. The van der Waals surface area contributed by atoms with Crippen LogP contribution < -0.4 is 5.32 Å². The summed E-state index contributed by atoms with van der Waals surface area (Å²) in [7, 11) is 1.55. The highest BCUT2D eigenvalue weighted by Crippen LogP contribution is 2.09. The third-order valence-electron chi connectivity index (χ3n) is 3.66. The monoisotopic (exact) mass is 296 g/mol. The Morgan fingerprint density at radius 2 is 2.05 bits per heavy atom. The van der Waals surface area contributed by atoms with Crippen molar-refractivity contribution in [3.05, 3.63) is 0 Å².